The maximum atomic E-state index is 5.30. The summed E-state index contributed by atoms with van der Waals surface area (Å²) < 4.78 is 5.30. The molecule has 0 heterocycles. The molecule has 0 aliphatic heterocycles. The number of allylic oxidation sites excluding steroid dienone is 2. The molecular formula is C17H16O. The van der Waals surface area contributed by atoms with E-state index in [0.29, 0.717) is 0 Å². The molecular weight excluding hydrogens is 220 g/mol. The van der Waals surface area contributed by atoms with E-state index < -0.39 is 0 Å². The highest BCUT2D eigenvalue weighted by Gasteiger charge is 2.19. The van der Waals surface area contributed by atoms with E-state index in [1.807, 2.05) is 6.07 Å². The Morgan fingerprint density at radius 2 is 1.78 bits per heavy atom. The predicted octanol–water partition coefficient (Wildman–Crippen LogP) is 4.18. The predicted molar refractivity (Wildman–Crippen MR) is 75.6 cm³/mol. The quantitative estimate of drug-likeness (QED) is 0.760. The van der Waals surface area contributed by atoms with Crippen LogP contribution in [0.3, 0.4) is 0 Å². The molecule has 0 saturated carbocycles. The summed E-state index contributed by atoms with van der Waals surface area (Å²) in [5, 5.41) is 0. The molecule has 1 aliphatic carbocycles. The highest BCUT2D eigenvalue weighted by molar-refractivity contribution is 5.96. The van der Waals surface area contributed by atoms with Crippen molar-refractivity contribution in [1.82, 2.24) is 0 Å². The Morgan fingerprint density at radius 1 is 1.00 bits per heavy atom. The first kappa shape index (κ1) is 11.1. The molecule has 0 aromatic heterocycles. The summed E-state index contributed by atoms with van der Waals surface area (Å²) in [7, 11) is 1.72. The summed E-state index contributed by atoms with van der Waals surface area (Å²) >= 11 is 0. The molecule has 0 radical (unpaired) electrons. The summed E-state index contributed by atoms with van der Waals surface area (Å²) in [6, 6.07) is 17.0. The fourth-order valence-electron chi connectivity index (χ4n) is 2.65. The second-order valence-corrected chi connectivity index (χ2v) is 4.67. The van der Waals surface area contributed by atoms with Gasteiger partial charge in [0, 0.05) is 0 Å². The van der Waals surface area contributed by atoms with Crippen LogP contribution >= 0.6 is 0 Å². The molecule has 0 bridgehead atoms. The van der Waals surface area contributed by atoms with Crippen LogP contribution in [0.2, 0.25) is 0 Å². The molecule has 0 unspecified atom stereocenters. The van der Waals surface area contributed by atoms with Crippen molar-refractivity contribution < 1.29 is 4.74 Å². The van der Waals surface area contributed by atoms with Gasteiger partial charge in [-0.3, -0.25) is 0 Å². The lowest BCUT2D eigenvalue weighted by Crippen LogP contribution is -1.88. The Morgan fingerprint density at radius 3 is 2.50 bits per heavy atom. The minimum Gasteiger partial charge on any atom is -0.497 e. The minimum atomic E-state index is 0.941. The molecule has 1 heteroatoms. The lowest BCUT2D eigenvalue weighted by atomic mass is 10.0. The van der Waals surface area contributed by atoms with E-state index >= 15 is 0 Å². The van der Waals surface area contributed by atoms with E-state index in [9.17, 15) is 0 Å². The average molecular weight is 236 g/mol. The van der Waals surface area contributed by atoms with Gasteiger partial charge in [-0.15, -0.1) is 0 Å². The largest absolute Gasteiger partial charge is 0.497 e. The molecule has 1 aliphatic rings. The number of hydrogen-bond acceptors (Lipinski definition) is 1. The molecule has 1 nitrogen and oxygen atoms in total. The highest BCUT2D eigenvalue weighted by atomic mass is 16.5. The Labute approximate surface area is 108 Å². The van der Waals surface area contributed by atoms with Crippen LogP contribution in [0.4, 0.5) is 0 Å². The number of methoxy groups -OCH3 is 1. The van der Waals surface area contributed by atoms with Gasteiger partial charge in [-0.1, -0.05) is 36.4 Å². The van der Waals surface area contributed by atoms with Crippen molar-refractivity contribution in [2.75, 3.05) is 7.11 Å². The van der Waals surface area contributed by atoms with Crippen LogP contribution in [-0.2, 0) is 6.42 Å². The summed E-state index contributed by atoms with van der Waals surface area (Å²) in [5.41, 5.74) is 6.86. The Hall–Kier alpha value is -2.02. The molecule has 3 rings (SSSR count). The van der Waals surface area contributed by atoms with Crippen LogP contribution in [0, 0.1) is 0 Å². The van der Waals surface area contributed by atoms with Crippen molar-refractivity contribution in [3.05, 3.63) is 65.2 Å². The SMILES string of the molecule is COc1ccc2c(c1)CC(c1ccccc1)=C2C. The van der Waals surface area contributed by atoms with Gasteiger partial charge < -0.3 is 4.74 Å². The van der Waals surface area contributed by atoms with E-state index in [1.165, 1.54) is 27.8 Å². The van der Waals surface area contributed by atoms with E-state index in [-0.39, 0.29) is 0 Å². The van der Waals surface area contributed by atoms with Crippen molar-refractivity contribution in [2.24, 2.45) is 0 Å². The maximum absolute atomic E-state index is 5.30. The van der Waals surface area contributed by atoms with E-state index in [1.54, 1.807) is 7.11 Å². The molecule has 0 fully saturated rings. The minimum absolute atomic E-state index is 0.941. The van der Waals surface area contributed by atoms with E-state index in [2.05, 4.69) is 49.4 Å². The van der Waals surface area contributed by atoms with Crippen LogP contribution in [0.1, 0.15) is 23.6 Å². The summed E-state index contributed by atoms with van der Waals surface area (Å²) in [5.74, 6) is 0.941. The molecule has 0 amide bonds. The van der Waals surface area contributed by atoms with Crippen LogP contribution in [0.5, 0.6) is 5.75 Å². The topological polar surface area (TPSA) is 9.23 Å². The summed E-state index contributed by atoms with van der Waals surface area (Å²) in [6.07, 6.45) is 1.00. The first-order valence-corrected chi connectivity index (χ1v) is 6.22. The molecule has 90 valence electrons. The first-order valence-electron chi connectivity index (χ1n) is 6.22. The number of benzene rings is 2. The molecule has 0 N–H and O–H groups in total. The van der Waals surface area contributed by atoms with Crippen molar-refractivity contribution in [3.63, 3.8) is 0 Å². The molecule has 0 atom stereocenters. The zero-order valence-electron chi connectivity index (χ0n) is 10.7. The maximum Gasteiger partial charge on any atom is 0.119 e. The summed E-state index contributed by atoms with van der Waals surface area (Å²) in [6.45, 7) is 2.21. The molecule has 2 aromatic rings. The Balaban J connectivity index is 2.05. The van der Waals surface area contributed by atoms with Gasteiger partial charge in [0.15, 0.2) is 0 Å². The Kier molecular flexibility index (Phi) is 2.67. The zero-order chi connectivity index (χ0) is 12.5. The monoisotopic (exact) mass is 236 g/mol. The lowest BCUT2D eigenvalue weighted by molar-refractivity contribution is 0.414. The van der Waals surface area contributed by atoms with Gasteiger partial charge in [-0.2, -0.15) is 0 Å². The molecule has 0 saturated heterocycles. The normalized spacial score (nSPS) is 13.7. The van der Waals surface area contributed by atoms with Gasteiger partial charge in [0.05, 0.1) is 7.11 Å². The molecule has 2 aromatic carbocycles. The van der Waals surface area contributed by atoms with Crippen molar-refractivity contribution >= 4 is 11.1 Å². The number of rotatable bonds is 2. The summed E-state index contributed by atoms with van der Waals surface area (Å²) in [4.78, 5) is 0. The number of hydrogen-bond donors (Lipinski definition) is 0. The standard InChI is InChI=1S/C17H16O/c1-12-16-9-8-15(18-2)10-14(16)11-17(12)13-6-4-3-5-7-13/h3-10H,11H2,1-2H3. The van der Waals surface area contributed by atoms with Gasteiger partial charge in [0.25, 0.3) is 0 Å². The lowest BCUT2D eigenvalue weighted by Gasteiger charge is -2.04. The van der Waals surface area contributed by atoms with Gasteiger partial charge in [0.2, 0.25) is 0 Å². The third kappa shape index (κ3) is 1.72. The third-order valence-electron chi connectivity index (χ3n) is 3.66. The van der Waals surface area contributed by atoms with E-state index in [4.69, 9.17) is 4.74 Å². The van der Waals surface area contributed by atoms with Crippen LogP contribution in [0.15, 0.2) is 48.5 Å². The smallest absolute Gasteiger partial charge is 0.119 e. The fraction of sp³-hybridized carbons (Fsp3) is 0.176. The van der Waals surface area contributed by atoms with Gasteiger partial charge in [0.1, 0.15) is 5.75 Å². The third-order valence-corrected chi connectivity index (χ3v) is 3.66. The van der Waals surface area contributed by atoms with Crippen LogP contribution in [0.25, 0.3) is 11.1 Å². The second-order valence-electron chi connectivity index (χ2n) is 4.67. The van der Waals surface area contributed by atoms with Crippen molar-refractivity contribution in [3.8, 4) is 5.75 Å². The van der Waals surface area contributed by atoms with E-state index in [0.717, 1.165) is 12.2 Å². The van der Waals surface area contributed by atoms with Crippen molar-refractivity contribution in [2.45, 2.75) is 13.3 Å². The van der Waals surface area contributed by atoms with Gasteiger partial charge in [-0.05, 0) is 53.3 Å². The van der Waals surface area contributed by atoms with Crippen molar-refractivity contribution in [1.29, 1.82) is 0 Å². The van der Waals surface area contributed by atoms with Gasteiger partial charge in [-0.25, -0.2) is 0 Å². The Bertz CT molecular complexity index is 609. The highest BCUT2D eigenvalue weighted by Crippen LogP contribution is 2.39. The zero-order valence-corrected chi connectivity index (χ0v) is 10.7. The first-order chi connectivity index (χ1) is 8.79. The molecule has 0 spiro atoms. The second kappa shape index (κ2) is 4.34. The number of fused-ring (bicyclic) bond motifs is 1. The van der Waals surface area contributed by atoms with Crippen LogP contribution < -0.4 is 4.74 Å². The molecule has 18 heavy (non-hydrogen) atoms. The number of ether oxygens (including phenoxy) is 1. The average Bonchev–Trinajstić information content (AvgIpc) is 2.76. The fourth-order valence-corrected chi connectivity index (χ4v) is 2.65. The van der Waals surface area contributed by atoms with Gasteiger partial charge >= 0.3 is 0 Å². The van der Waals surface area contributed by atoms with Crippen LogP contribution in [-0.4, -0.2) is 7.11 Å².